The van der Waals surface area contributed by atoms with Gasteiger partial charge in [-0.25, -0.2) is 0 Å². The lowest BCUT2D eigenvalue weighted by Crippen LogP contribution is -2.57. The lowest BCUT2D eigenvalue weighted by Gasteiger charge is -2.24. The van der Waals surface area contributed by atoms with E-state index in [1.165, 1.54) is 6.92 Å². The maximum absolute atomic E-state index is 13.1. The highest BCUT2D eigenvalue weighted by molar-refractivity contribution is 7.80. The van der Waals surface area contributed by atoms with Crippen LogP contribution in [0.15, 0.2) is 30.5 Å². The molecule has 0 fully saturated rings. The van der Waals surface area contributed by atoms with Crippen molar-refractivity contribution >= 4 is 53.1 Å². The number of hydrogen-bond donors (Lipinski definition) is 8. The smallest absolute Gasteiger partial charge is 0.325 e. The Kier molecular flexibility index (Phi) is 10.1. The Morgan fingerprint density at radius 3 is 2.29 bits per heavy atom. The number of H-pyrrole nitrogens is 1. The van der Waals surface area contributed by atoms with Crippen LogP contribution < -0.4 is 27.4 Å². The van der Waals surface area contributed by atoms with Crippen molar-refractivity contribution in [2.24, 2.45) is 11.5 Å². The Morgan fingerprint density at radius 1 is 1.03 bits per heavy atom. The van der Waals surface area contributed by atoms with Crippen molar-refractivity contribution in [1.82, 2.24) is 20.9 Å². The molecule has 1 aromatic carbocycles. The Labute approximate surface area is 207 Å². The third kappa shape index (κ3) is 8.00. The molecule has 0 aliphatic carbocycles. The minimum Gasteiger partial charge on any atom is -0.480 e. The average molecular weight is 507 g/mol. The van der Waals surface area contributed by atoms with Gasteiger partial charge in [0, 0.05) is 35.7 Å². The lowest BCUT2D eigenvalue weighted by atomic mass is 10.0. The van der Waals surface area contributed by atoms with Gasteiger partial charge in [-0.3, -0.25) is 24.0 Å². The molecule has 35 heavy (non-hydrogen) atoms. The number of carbonyl (C=O) groups excluding carboxylic acids is 4. The van der Waals surface area contributed by atoms with E-state index < -0.39 is 53.8 Å². The molecular weight excluding hydrogens is 476 g/mol. The van der Waals surface area contributed by atoms with Crippen molar-refractivity contribution in [1.29, 1.82) is 0 Å². The summed E-state index contributed by atoms with van der Waals surface area (Å²) < 4.78 is 0. The van der Waals surface area contributed by atoms with E-state index in [9.17, 15) is 24.0 Å². The zero-order valence-electron chi connectivity index (χ0n) is 19.1. The highest BCUT2D eigenvalue weighted by Crippen LogP contribution is 2.19. The summed E-state index contributed by atoms with van der Waals surface area (Å²) in [5.74, 6) is -4.06. The standard InChI is InChI=1S/C22H30N6O6S/c1-11(22(33)34)26-21(32)17(8-12-9-25-15-5-3-2-4-13(12)15)28-20(31)16(6-7-18(24)29)27-19(30)14(23)10-35/h2-5,9,11,14,16-17,25,35H,6-8,10,23H2,1H3,(H2,24,29)(H,26,32)(H,27,30)(H,28,31)(H,33,34). The second kappa shape index (κ2) is 12.8. The van der Waals surface area contributed by atoms with Crippen LogP contribution in [0, 0.1) is 0 Å². The van der Waals surface area contributed by atoms with Crippen molar-refractivity contribution in [2.45, 2.75) is 50.4 Å². The van der Waals surface area contributed by atoms with Crippen LogP contribution in [0.1, 0.15) is 25.3 Å². The molecule has 9 N–H and O–H groups in total. The number of aromatic nitrogens is 1. The van der Waals surface area contributed by atoms with Gasteiger partial charge in [-0.05, 0) is 25.0 Å². The Morgan fingerprint density at radius 2 is 1.66 bits per heavy atom. The van der Waals surface area contributed by atoms with Gasteiger partial charge in [0.05, 0.1) is 6.04 Å². The molecule has 2 aromatic rings. The minimum atomic E-state index is -1.25. The molecule has 4 amide bonds. The van der Waals surface area contributed by atoms with Gasteiger partial charge in [0.25, 0.3) is 0 Å². The normalized spacial score (nSPS) is 14.4. The summed E-state index contributed by atoms with van der Waals surface area (Å²) in [5.41, 5.74) is 12.4. The highest BCUT2D eigenvalue weighted by atomic mass is 32.1. The molecule has 0 spiro atoms. The van der Waals surface area contributed by atoms with E-state index in [0.29, 0.717) is 5.56 Å². The first-order valence-corrected chi connectivity index (χ1v) is 11.5. The van der Waals surface area contributed by atoms with Gasteiger partial charge in [-0.1, -0.05) is 18.2 Å². The van der Waals surface area contributed by atoms with Crippen LogP contribution in [0.4, 0.5) is 0 Å². The SMILES string of the molecule is CC(NC(=O)C(Cc1c[nH]c2ccccc12)NC(=O)C(CCC(N)=O)NC(=O)C(N)CS)C(=O)O. The predicted molar refractivity (Wildman–Crippen MR) is 131 cm³/mol. The van der Waals surface area contributed by atoms with E-state index in [2.05, 4.69) is 33.6 Å². The van der Waals surface area contributed by atoms with Crippen LogP contribution in [0.5, 0.6) is 0 Å². The fourth-order valence-corrected chi connectivity index (χ4v) is 3.46. The number of fused-ring (bicyclic) bond motifs is 1. The summed E-state index contributed by atoms with van der Waals surface area (Å²) in [7, 11) is 0. The van der Waals surface area contributed by atoms with E-state index in [1.807, 2.05) is 24.3 Å². The van der Waals surface area contributed by atoms with E-state index in [0.717, 1.165) is 10.9 Å². The average Bonchev–Trinajstić information content (AvgIpc) is 3.22. The maximum atomic E-state index is 13.1. The van der Waals surface area contributed by atoms with Gasteiger partial charge >= 0.3 is 5.97 Å². The second-order valence-electron chi connectivity index (χ2n) is 8.05. The summed E-state index contributed by atoms with van der Waals surface area (Å²) in [4.78, 5) is 63.8. The van der Waals surface area contributed by atoms with Crippen molar-refractivity contribution in [3.05, 3.63) is 36.0 Å². The molecule has 0 aliphatic heterocycles. The number of carboxylic acid groups (broad SMARTS) is 1. The van der Waals surface area contributed by atoms with Gasteiger partial charge in [0.1, 0.15) is 18.1 Å². The van der Waals surface area contributed by atoms with Crippen LogP contribution in [0.2, 0.25) is 0 Å². The van der Waals surface area contributed by atoms with Gasteiger partial charge in [0.2, 0.25) is 23.6 Å². The summed E-state index contributed by atoms with van der Waals surface area (Å²) in [5, 5.41) is 17.3. The van der Waals surface area contributed by atoms with E-state index in [-0.39, 0.29) is 25.0 Å². The Bertz CT molecular complexity index is 1090. The third-order valence-electron chi connectivity index (χ3n) is 5.31. The molecule has 0 radical (unpaired) electrons. The maximum Gasteiger partial charge on any atom is 0.325 e. The number of benzene rings is 1. The number of rotatable bonds is 13. The van der Waals surface area contributed by atoms with Crippen molar-refractivity contribution in [3.8, 4) is 0 Å². The molecule has 2 rings (SSSR count). The monoisotopic (exact) mass is 506 g/mol. The largest absolute Gasteiger partial charge is 0.480 e. The van der Waals surface area contributed by atoms with E-state index in [4.69, 9.17) is 16.6 Å². The first-order valence-electron chi connectivity index (χ1n) is 10.9. The van der Waals surface area contributed by atoms with Crippen LogP contribution in [-0.4, -0.2) is 69.6 Å². The number of para-hydroxylation sites is 1. The molecule has 1 aromatic heterocycles. The quantitative estimate of drug-likeness (QED) is 0.155. The molecule has 1 heterocycles. The number of amides is 4. The molecule has 4 atom stereocenters. The molecule has 190 valence electrons. The van der Waals surface area contributed by atoms with Gasteiger partial charge in [-0.15, -0.1) is 0 Å². The van der Waals surface area contributed by atoms with E-state index >= 15 is 0 Å². The fourth-order valence-electron chi connectivity index (χ4n) is 3.29. The Balaban J connectivity index is 2.29. The highest BCUT2D eigenvalue weighted by Gasteiger charge is 2.30. The number of thiol groups is 1. The molecular formula is C22H30N6O6S. The zero-order valence-corrected chi connectivity index (χ0v) is 20.0. The number of aromatic amines is 1. The van der Waals surface area contributed by atoms with Crippen LogP contribution in [0.25, 0.3) is 10.9 Å². The molecule has 0 saturated carbocycles. The van der Waals surface area contributed by atoms with Crippen molar-refractivity contribution in [3.63, 3.8) is 0 Å². The van der Waals surface area contributed by atoms with Crippen LogP contribution in [-0.2, 0) is 30.4 Å². The number of nitrogens with two attached hydrogens (primary N) is 2. The molecule has 13 heteroatoms. The predicted octanol–water partition coefficient (Wildman–Crippen LogP) is -1.21. The zero-order chi connectivity index (χ0) is 26.1. The number of hydrogen-bond acceptors (Lipinski definition) is 7. The number of aliphatic carboxylic acids is 1. The number of carbonyl (C=O) groups is 5. The van der Waals surface area contributed by atoms with Crippen molar-refractivity contribution < 1.29 is 29.1 Å². The molecule has 12 nitrogen and oxygen atoms in total. The van der Waals surface area contributed by atoms with Gasteiger partial charge in [0.15, 0.2) is 0 Å². The van der Waals surface area contributed by atoms with Crippen LogP contribution in [0.3, 0.4) is 0 Å². The minimum absolute atomic E-state index is 0.0225. The molecule has 0 saturated heterocycles. The van der Waals surface area contributed by atoms with E-state index in [1.54, 1.807) is 6.20 Å². The third-order valence-corrected chi connectivity index (χ3v) is 5.70. The van der Waals surface area contributed by atoms with Gasteiger partial charge in [-0.2, -0.15) is 12.6 Å². The lowest BCUT2D eigenvalue weighted by molar-refractivity contribution is -0.141. The fraction of sp³-hybridized carbons (Fsp3) is 0.409. The summed E-state index contributed by atoms with van der Waals surface area (Å²) in [6.45, 7) is 1.29. The number of carboxylic acids is 1. The first kappa shape index (κ1) is 27.7. The van der Waals surface area contributed by atoms with Gasteiger partial charge < -0.3 is 37.5 Å². The molecule has 4 unspecified atom stereocenters. The topological polar surface area (TPSA) is 210 Å². The summed E-state index contributed by atoms with van der Waals surface area (Å²) >= 11 is 3.96. The van der Waals surface area contributed by atoms with Crippen LogP contribution >= 0.6 is 12.6 Å². The molecule has 0 bridgehead atoms. The number of nitrogens with one attached hydrogen (secondary N) is 4. The first-order chi connectivity index (χ1) is 16.5. The second-order valence-corrected chi connectivity index (χ2v) is 8.41. The summed E-state index contributed by atoms with van der Waals surface area (Å²) in [6, 6.07) is 2.75. The Hall–Kier alpha value is -3.58. The molecule has 0 aliphatic rings. The summed E-state index contributed by atoms with van der Waals surface area (Å²) in [6.07, 6.45) is 1.39. The van der Waals surface area contributed by atoms with Crippen molar-refractivity contribution in [2.75, 3.05) is 5.75 Å². The number of primary amides is 1.